The Morgan fingerprint density at radius 3 is 0.667 bits per heavy atom. The number of nitrogens with zero attached hydrogens (tertiary/aromatic N) is 4. The van der Waals surface area contributed by atoms with E-state index in [1.807, 2.05) is 18.2 Å². The summed E-state index contributed by atoms with van der Waals surface area (Å²) in [4.78, 5) is 0. The van der Waals surface area contributed by atoms with Gasteiger partial charge in [0.15, 0.2) is 0 Å². The van der Waals surface area contributed by atoms with Gasteiger partial charge in [0.05, 0.1) is 50.1 Å². The molecule has 0 aliphatic rings. The highest BCUT2D eigenvalue weighted by molar-refractivity contribution is 6.12. The number of nitriles is 1. The number of benzene rings is 11. The van der Waals surface area contributed by atoms with Gasteiger partial charge in [-0.15, -0.1) is 0 Å². The summed E-state index contributed by atoms with van der Waals surface area (Å²) in [7, 11) is 0. The molecule has 0 N–H and O–H groups in total. The minimum absolute atomic E-state index is 0.0194. The van der Waals surface area contributed by atoms with Crippen molar-refractivity contribution < 1.29 is 0 Å². The molecule has 480 valence electrons. The molecular weight excluding hydrogens is 1160 g/mol. The van der Waals surface area contributed by atoms with Crippen molar-refractivity contribution in [2.24, 2.45) is 0 Å². The first-order valence-corrected chi connectivity index (χ1v) is 34.5. The number of hydrogen-bond donors (Lipinski definition) is 0. The van der Waals surface area contributed by atoms with Gasteiger partial charge in [-0.05, 0) is 215 Å². The summed E-state index contributed by atoms with van der Waals surface area (Å²) in [6.45, 7) is 41.6. The fourth-order valence-electron chi connectivity index (χ4n) is 15.0. The van der Waals surface area contributed by atoms with Gasteiger partial charge in [0.25, 0.3) is 0 Å². The van der Waals surface area contributed by atoms with E-state index >= 15 is 0 Å². The van der Waals surface area contributed by atoms with Crippen molar-refractivity contribution in [1.82, 2.24) is 13.7 Å². The van der Waals surface area contributed by atoms with Crippen LogP contribution < -0.4 is 0 Å². The Balaban J connectivity index is 1.03. The quantitative estimate of drug-likeness (QED) is 0.140. The first-order chi connectivity index (χ1) is 45.3. The summed E-state index contributed by atoms with van der Waals surface area (Å²) < 4.78 is 7.42. The predicted octanol–water partition coefficient (Wildman–Crippen LogP) is 24.7. The van der Waals surface area contributed by atoms with Crippen LogP contribution in [0.1, 0.15) is 186 Å². The Morgan fingerprint density at radius 2 is 0.448 bits per heavy atom. The van der Waals surface area contributed by atoms with Crippen molar-refractivity contribution in [2.75, 3.05) is 0 Å². The molecule has 0 spiro atoms. The summed E-state index contributed by atoms with van der Waals surface area (Å²) >= 11 is 0. The second kappa shape index (κ2) is 22.5. The third-order valence-electron chi connectivity index (χ3n) is 20.8. The number of fused-ring (bicyclic) bond motifs is 9. The molecule has 0 radical (unpaired) electrons. The van der Waals surface area contributed by atoms with Gasteiger partial charge in [-0.2, -0.15) is 5.26 Å². The highest BCUT2D eigenvalue weighted by Gasteiger charge is 2.39. The lowest BCUT2D eigenvalue weighted by atomic mass is 9.65. The Bertz CT molecular complexity index is 4740. The average molecular weight is 1250 g/mol. The van der Waals surface area contributed by atoms with Crippen LogP contribution in [0.3, 0.4) is 0 Å². The summed E-state index contributed by atoms with van der Waals surface area (Å²) in [6, 6.07) is 90.5. The van der Waals surface area contributed by atoms with Crippen LogP contribution in [0, 0.1) is 11.3 Å². The Morgan fingerprint density at radius 1 is 0.240 bits per heavy atom. The first-order valence-electron chi connectivity index (χ1n) is 34.5. The zero-order valence-corrected chi connectivity index (χ0v) is 59.7. The lowest BCUT2D eigenvalue weighted by Gasteiger charge is -2.37. The van der Waals surface area contributed by atoms with Crippen molar-refractivity contribution in [3.05, 3.63) is 292 Å². The van der Waals surface area contributed by atoms with Crippen LogP contribution in [0.15, 0.2) is 231 Å². The molecule has 3 aromatic heterocycles. The molecule has 0 unspecified atom stereocenters. The molecule has 11 aromatic carbocycles. The van der Waals surface area contributed by atoms with Gasteiger partial charge >= 0.3 is 0 Å². The van der Waals surface area contributed by atoms with Crippen LogP contribution >= 0.6 is 0 Å². The molecule has 14 aromatic rings. The highest BCUT2D eigenvalue weighted by Crippen LogP contribution is 2.49. The molecule has 0 bridgehead atoms. The SMILES string of the molecule is CC(C)(C)c1ccc2c(c1)c1cc(C(C)(C)C)ccc1n2-c1ccc(C(c2ccc(-c3ccccc3C#N)cc2)(c2ccc(-n3c4ccc(C(C)(C)C)cc4c4cc(C(C)(C)C)ccc43)cc2)c2ccc(-n3c4ccc(C(C)(C)C)cc4c4cc(C(C)(C)C)ccc43)cc2)cc1. The molecule has 4 heteroatoms. The monoisotopic (exact) mass is 1250 g/mol. The van der Waals surface area contributed by atoms with Gasteiger partial charge in [0, 0.05) is 49.4 Å². The maximum absolute atomic E-state index is 10.4. The normalized spacial score (nSPS) is 13.1. The molecule has 0 saturated carbocycles. The minimum atomic E-state index is -0.874. The fourth-order valence-corrected chi connectivity index (χ4v) is 15.0. The van der Waals surface area contributed by atoms with Gasteiger partial charge in [-0.3, -0.25) is 0 Å². The first kappa shape index (κ1) is 63.7. The van der Waals surface area contributed by atoms with Crippen LogP contribution in [0.4, 0.5) is 0 Å². The van der Waals surface area contributed by atoms with Crippen molar-refractivity contribution in [1.29, 1.82) is 5.26 Å². The van der Waals surface area contributed by atoms with Gasteiger partial charge in [-0.1, -0.05) is 240 Å². The molecule has 4 nitrogen and oxygen atoms in total. The summed E-state index contributed by atoms with van der Waals surface area (Å²) in [6.07, 6.45) is 0. The van der Waals surface area contributed by atoms with E-state index in [9.17, 15) is 5.26 Å². The standard InChI is InChI=1S/C92H92N4/c1-86(2,3)64-33-45-80-74(51-64)75-52-65(87(4,5)6)34-46-81(75)94(80)70-39-27-61(28-40-70)92(60-25-23-58(24-26-60)73-22-20-19-21-59(73)57-93,62-29-41-71(42-30-62)95-82-47-35-66(88(7,8)9)53-76(82)77-54-67(89(10,11)12)36-48-83(77)95)63-31-43-72(44-32-63)96-84-49-37-68(90(13,14)15)55-78(84)79-56-69(91(16,17)18)38-50-85(79)96/h19-56H,1-18H3. The van der Waals surface area contributed by atoms with Gasteiger partial charge in [-0.25, -0.2) is 0 Å². The second-order valence-electron chi connectivity index (χ2n) is 33.5. The van der Waals surface area contributed by atoms with Crippen LogP contribution in [0.2, 0.25) is 0 Å². The van der Waals surface area contributed by atoms with Crippen molar-refractivity contribution in [3.63, 3.8) is 0 Å². The zero-order chi connectivity index (χ0) is 68.0. The van der Waals surface area contributed by atoms with Gasteiger partial charge in [0.2, 0.25) is 0 Å². The minimum Gasteiger partial charge on any atom is -0.309 e. The van der Waals surface area contributed by atoms with E-state index in [1.165, 1.54) is 98.8 Å². The zero-order valence-electron chi connectivity index (χ0n) is 59.7. The number of rotatable bonds is 8. The van der Waals surface area contributed by atoms with E-state index in [2.05, 4.69) is 357 Å². The van der Waals surface area contributed by atoms with Crippen molar-refractivity contribution in [3.8, 4) is 34.3 Å². The average Bonchev–Trinajstić information content (AvgIpc) is 1.38. The molecule has 0 saturated heterocycles. The van der Waals surface area contributed by atoms with Crippen LogP contribution in [0.5, 0.6) is 0 Å². The second-order valence-corrected chi connectivity index (χ2v) is 33.5. The molecule has 0 aliphatic carbocycles. The maximum Gasteiger partial charge on any atom is 0.0998 e. The third-order valence-corrected chi connectivity index (χ3v) is 20.8. The molecule has 0 atom stereocenters. The molecule has 0 fully saturated rings. The van der Waals surface area contributed by atoms with E-state index in [4.69, 9.17) is 0 Å². The van der Waals surface area contributed by atoms with Crippen molar-refractivity contribution >= 4 is 65.4 Å². The van der Waals surface area contributed by atoms with Crippen LogP contribution in [-0.4, -0.2) is 13.7 Å². The van der Waals surface area contributed by atoms with Gasteiger partial charge < -0.3 is 13.7 Å². The van der Waals surface area contributed by atoms with E-state index in [0.717, 1.165) is 50.4 Å². The number of hydrogen-bond acceptors (Lipinski definition) is 1. The lowest BCUT2D eigenvalue weighted by Crippen LogP contribution is -2.31. The summed E-state index contributed by atoms with van der Waals surface area (Å²) in [5.41, 5.74) is 24.4. The molecule has 0 amide bonds. The largest absolute Gasteiger partial charge is 0.309 e. The highest BCUT2D eigenvalue weighted by atomic mass is 15.0. The van der Waals surface area contributed by atoms with Crippen LogP contribution in [-0.2, 0) is 37.9 Å². The Kier molecular flexibility index (Phi) is 14.9. The van der Waals surface area contributed by atoms with Gasteiger partial charge in [0.1, 0.15) is 0 Å². The van der Waals surface area contributed by atoms with E-state index in [-0.39, 0.29) is 32.5 Å². The molecule has 96 heavy (non-hydrogen) atoms. The van der Waals surface area contributed by atoms with E-state index < -0.39 is 5.41 Å². The lowest BCUT2D eigenvalue weighted by molar-refractivity contribution is 0.590. The van der Waals surface area contributed by atoms with Crippen LogP contribution in [0.25, 0.3) is 93.6 Å². The third kappa shape index (κ3) is 10.7. The molecule has 14 rings (SSSR count). The Hall–Kier alpha value is -9.69. The molecular formula is C92H92N4. The Labute approximate surface area is 569 Å². The van der Waals surface area contributed by atoms with E-state index in [0.29, 0.717) is 5.56 Å². The molecule has 0 aliphatic heterocycles. The smallest absolute Gasteiger partial charge is 0.0998 e. The predicted molar refractivity (Wildman–Crippen MR) is 410 cm³/mol. The maximum atomic E-state index is 10.4. The molecule has 3 heterocycles. The summed E-state index contributed by atoms with van der Waals surface area (Å²) in [5, 5.41) is 18.0. The fraction of sp³-hybridized carbons (Fsp3) is 0.272. The topological polar surface area (TPSA) is 38.6 Å². The van der Waals surface area contributed by atoms with E-state index in [1.54, 1.807) is 0 Å². The summed E-state index contributed by atoms with van der Waals surface area (Å²) in [5.74, 6) is 0. The van der Waals surface area contributed by atoms with Crippen molar-refractivity contribution in [2.45, 2.75) is 163 Å². The number of aromatic nitrogens is 3.